The smallest absolute Gasteiger partial charge is 0.415 e. The number of piperidine rings is 1. The second kappa shape index (κ2) is 30.1. The lowest BCUT2D eigenvalue weighted by Crippen LogP contribution is -2.52. The molecule has 4 aromatic carbocycles. The molecule has 0 spiro atoms. The number of nitriles is 1. The second-order valence-electron chi connectivity index (χ2n) is 23.4. The Labute approximate surface area is 538 Å². The molecule has 26 heteroatoms. The summed E-state index contributed by atoms with van der Waals surface area (Å²) in [6, 6.07) is 25.2. The molecule has 1 fully saturated rings. The van der Waals surface area contributed by atoms with Gasteiger partial charge in [0.1, 0.15) is 25.2 Å². The maximum Gasteiger partial charge on any atom is 0.415 e. The monoisotopic (exact) mass is 1270 g/mol. The number of aliphatic hydroxyl groups is 1. The van der Waals surface area contributed by atoms with E-state index in [1.165, 1.54) is 38.3 Å². The molecular formula is C67H77N14O12+. The van der Waals surface area contributed by atoms with Gasteiger partial charge in [0, 0.05) is 111 Å². The Morgan fingerprint density at radius 3 is 2.39 bits per heavy atom. The first-order valence-electron chi connectivity index (χ1n) is 31.0. The molecule has 0 bridgehead atoms. The number of likely N-dealkylation sites (N-methyl/N-ethyl adjacent to an activating group) is 4. The van der Waals surface area contributed by atoms with E-state index >= 15 is 0 Å². The minimum absolute atomic E-state index is 0.0193. The number of aryl methyl sites for hydroxylation is 2. The van der Waals surface area contributed by atoms with Crippen LogP contribution in [0.5, 0.6) is 23.0 Å². The predicted molar refractivity (Wildman–Crippen MR) is 343 cm³/mol. The lowest BCUT2D eigenvalue weighted by atomic mass is 9.92. The van der Waals surface area contributed by atoms with Gasteiger partial charge in [-0.05, 0) is 108 Å². The van der Waals surface area contributed by atoms with Crippen molar-refractivity contribution in [3.63, 3.8) is 0 Å². The predicted octanol–water partition coefficient (Wildman–Crippen LogP) is 8.08. The number of aromatic nitrogens is 4. The van der Waals surface area contributed by atoms with E-state index in [-0.39, 0.29) is 101 Å². The van der Waals surface area contributed by atoms with Crippen molar-refractivity contribution in [1.82, 2.24) is 44.8 Å². The van der Waals surface area contributed by atoms with Gasteiger partial charge in [0.2, 0.25) is 24.3 Å². The number of pyridine rings is 1. The zero-order chi connectivity index (χ0) is 65.7. The van der Waals surface area contributed by atoms with Gasteiger partial charge in [-0.2, -0.15) is 20.1 Å². The van der Waals surface area contributed by atoms with Gasteiger partial charge in [-0.3, -0.25) is 19.0 Å². The summed E-state index contributed by atoms with van der Waals surface area (Å²) in [5.41, 5.74) is 6.31. The SMILES string of the molecule is COc1ccc2cc3[n+](cc2c1OC(=O)N(C)CCNC(=O)CCCCCNC(=O)c1cc(N=Nc2ccc(COC(=O)N(C)CCN(C)C(=O)n4ccc5c(N(C)[C@H]6CN(C(=O)CC#N)CC[C@H]6C)ncnc54)cc2)ccc1CCO)CCc1cc2c(cc1-3)OCO2. The van der Waals surface area contributed by atoms with Gasteiger partial charge < -0.3 is 63.9 Å². The van der Waals surface area contributed by atoms with Crippen molar-refractivity contribution in [2.45, 2.75) is 77.5 Å². The summed E-state index contributed by atoms with van der Waals surface area (Å²) in [7, 11) is 8.26. The lowest BCUT2D eigenvalue weighted by Gasteiger charge is -2.42. The van der Waals surface area contributed by atoms with Gasteiger partial charge >= 0.3 is 18.2 Å². The van der Waals surface area contributed by atoms with Crippen LogP contribution in [0.2, 0.25) is 0 Å². The molecule has 3 aliphatic rings. The molecule has 0 radical (unpaired) electrons. The highest BCUT2D eigenvalue weighted by Crippen LogP contribution is 2.42. The minimum atomic E-state index is -0.601. The van der Waals surface area contributed by atoms with E-state index in [9.17, 15) is 33.9 Å². The molecular weight excluding hydrogens is 1190 g/mol. The summed E-state index contributed by atoms with van der Waals surface area (Å²) in [6.07, 6.45) is 7.66. The van der Waals surface area contributed by atoms with Crippen molar-refractivity contribution < 1.29 is 62.1 Å². The molecule has 0 unspecified atom stereocenters. The Bertz CT molecular complexity index is 4000. The number of benzene rings is 4. The van der Waals surface area contributed by atoms with E-state index in [1.807, 2.05) is 42.4 Å². The molecule has 26 nitrogen and oxygen atoms in total. The summed E-state index contributed by atoms with van der Waals surface area (Å²) in [5.74, 6) is 2.36. The summed E-state index contributed by atoms with van der Waals surface area (Å²) in [6.45, 7) is 5.07. The van der Waals surface area contributed by atoms with Crippen LogP contribution in [0.3, 0.4) is 0 Å². The number of fused-ring (bicyclic) bond motifs is 6. The molecule has 3 aliphatic heterocycles. The Morgan fingerprint density at radius 1 is 0.839 bits per heavy atom. The number of ether oxygens (including phenoxy) is 5. The number of anilines is 1. The number of rotatable bonds is 24. The third-order valence-corrected chi connectivity index (χ3v) is 17.1. The molecule has 7 aromatic rings. The number of aliphatic hydroxyl groups excluding tert-OH is 1. The molecule has 93 heavy (non-hydrogen) atoms. The number of likely N-dealkylation sites (tertiary alicyclic amines) is 1. The molecule has 6 amide bonds. The minimum Gasteiger partial charge on any atom is -0.493 e. The zero-order valence-corrected chi connectivity index (χ0v) is 53.1. The first kappa shape index (κ1) is 65.5. The van der Waals surface area contributed by atoms with Crippen molar-refractivity contribution in [2.75, 3.05) is 99.4 Å². The number of amides is 6. The maximum absolute atomic E-state index is 13.7. The second-order valence-corrected chi connectivity index (χ2v) is 23.4. The number of carbonyl (C=O) groups excluding carboxylic acids is 6. The summed E-state index contributed by atoms with van der Waals surface area (Å²) in [5, 5.41) is 35.6. The van der Waals surface area contributed by atoms with E-state index in [1.54, 1.807) is 86.8 Å². The number of nitrogens with zero attached hydrogens (tertiary/aromatic N) is 12. The topological polar surface area (TPSA) is 292 Å². The van der Waals surface area contributed by atoms with E-state index in [2.05, 4.69) is 48.4 Å². The number of nitrogens with one attached hydrogen (secondary N) is 2. The fraction of sp³-hybridized carbons (Fsp3) is 0.403. The van der Waals surface area contributed by atoms with Gasteiger partial charge in [0.25, 0.3) is 5.91 Å². The van der Waals surface area contributed by atoms with Gasteiger partial charge in [0.15, 0.2) is 41.4 Å². The maximum atomic E-state index is 13.7. The Morgan fingerprint density at radius 2 is 1.60 bits per heavy atom. The normalized spacial score (nSPS) is 14.6. The average Bonchev–Trinajstić information content (AvgIpc) is 1.58. The van der Waals surface area contributed by atoms with Gasteiger partial charge in [-0.1, -0.05) is 31.5 Å². The zero-order valence-electron chi connectivity index (χ0n) is 53.1. The molecule has 6 heterocycles. The highest BCUT2D eigenvalue weighted by Gasteiger charge is 2.34. The van der Waals surface area contributed by atoms with Crippen molar-refractivity contribution in [1.29, 1.82) is 5.26 Å². The van der Waals surface area contributed by atoms with Crippen LogP contribution in [0.1, 0.15) is 72.5 Å². The van der Waals surface area contributed by atoms with Crippen LogP contribution in [0.4, 0.5) is 31.6 Å². The van der Waals surface area contributed by atoms with Crippen molar-refractivity contribution in [3.05, 3.63) is 120 Å². The van der Waals surface area contributed by atoms with E-state index in [0.717, 1.165) is 47.2 Å². The van der Waals surface area contributed by atoms with Crippen LogP contribution in [0.15, 0.2) is 108 Å². The highest BCUT2D eigenvalue weighted by atomic mass is 16.7. The van der Waals surface area contributed by atoms with Crippen LogP contribution < -0.4 is 39.0 Å². The molecule has 1 saturated heterocycles. The summed E-state index contributed by atoms with van der Waals surface area (Å²) in [4.78, 5) is 96.0. The van der Waals surface area contributed by atoms with E-state index < -0.39 is 12.2 Å². The van der Waals surface area contributed by atoms with Gasteiger partial charge in [0.05, 0.1) is 46.9 Å². The number of unbranched alkanes of at least 4 members (excludes halogenated alkanes) is 2. The van der Waals surface area contributed by atoms with Crippen LogP contribution in [-0.4, -0.2) is 176 Å². The standard InChI is InChI=1S/C67H76N14O12/c1-43-20-27-80(60(84)19-24-68)39-55(43)78(5)62-50-22-29-81(63(50)72-41-71-62)65(86)75(2)31-32-77(4)66(87)90-40-44-11-15-48(16-12-44)73-74-49-17-13-45(23-33-82)52(36-49)64(85)70-25-9-7-8-10-59(83)69-26-30-76(3)67(88)93-61-53-38-79-28-21-47-35-57-58(92-42-91-57)37-51(47)54(79)34-46(53)14-18-56(61)89-6/h11-18,22,29,34-38,41,43,55,82H,7-10,19-21,23,25-28,30-33,39-40,42H2,1-6H3,(H-,69,70,83,85)/p+1/t43-,55+/m1/s1. The van der Waals surface area contributed by atoms with Gasteiger partial charge in [-0.25, -0.2) is 24.4 Å². The average molecular weight is 1270 g/mol. The third kappa shape index (κ3) is 15.5. The Hall–Kier alpha value is -10.4. The fourth-order valence-corrected chi connectivity index (χ4v) is 11.6. The number of azo groups is 1. The van der Waals surface area contributed by atoms with E-state index in [4.69, 9.17) is 28.9 Å². The number of hydrogen-bond donors (Lipinski definition) is 3. The van der Waals surface area contributed by atoms with Crippen molar-refractivity contribution >= 4 is 74.9 Å². The van der Waals surface area contributed by atoms with Crippen molar-refractivity contribution in [3.8, 4) is 40.3 Å². The molecule has 0 saturated carbocycles. The molecule has 3 aromatic heterocycles. The van der Waals surface area contributed by atoms with Crippen molar-refractivity contribution in [2.24, 2.45) is 16.1 Å². The van der Waals surface area contributed by atoms with Crippen LogP contribution in [-0.2, 0) is 40.3 Å². The summed E-state index contributed by atoms with van der Waals surface area (Å²) < 4.78 is 32.0. The van der Waals surface area contributed by atoms with E-state index in [0.29, 0.717) is 101 Å². The first-order chi connectivity index (χ1) is 45.0. The van der Waals surface area contributed by atoms with Gasteiger partial charge in [-0.15, -0.1) is 0 Å². The summed E-state index contributed by atoms with van der Waals surface area (Å²) >= 11 is 0. The Balaban J connectivity index is 0.621. The fourth-order valence-electron chi connectivity index (χ4n) is 11.6. The highest BCUT2D eigenvalue weighted by molar-refractivity contribution is 5.97. The molecule has 486 valence electrons. The lowest BCUT2D eigenvalue weighted by molar-refractivity contribution is -0.686. The number of hydrogen-bond acceptors (Lipinski definition) is 18. The molecule has 2 atom stereocenters. The Kier molecular flexibility index (Phi) is 21.2. The number of methoxy groups -OCH3 is 1. The van der Waals surface area contributed by atoms with Crippen LogP contribution in [0.25, 0.3) is 33.1 Å². The first-order valence-corrected chi connectivity index (χ1v) is 31.0. The quantitative estimate of drug-likeness (QED) is 0.0293. The van der Waals surface area contributed by atoms with Crippen LogP contribution >= 0.6 is 0 Å². The molecule has 3 N–H and O–H groups in total. The third-order valence-electron chi connectivity index (χ3n) is 17.1. The molecule has 0 aliphatic carbocycles. The molecule has 10 rings (SSSR count). The number of carbonyl (C=O) groups is 6. The largest absolute Gasteiger partial charge is 0.493 e. The van der Waals surface area contributed by atoms with Crippen LogP contribution in [0, 0.1) is 17.2 Å².